The molecule has 1 aromatic carbocycles. The van der Waals surface area contributed by atoms with Crippen LogP contribution in [0.4, 0.5) is 0 Å². The van der Waals surface area contributed by atoms with Crippen molar-refractivity contribution < 1.29 is 14.3 Å². The molecule has 1 aromatic rings. The lowest BCUT2D eigenvalue weighted by Crippen LogP contribution is -2.44. The monoisotopic (exact) mass is 338 g/mol. The van der Waals surface area contributed by atoms with E-state index < -0.39 is 0 Å². The molecule has 0 radical (unpaired) electrons. The molecular formula is C17H23ClN2O3. The Kier molecular flexibility index (Phi) is 5.09. The van der Waals surface area contributed by atoms with Crippen LogP contribution >= 0.6 is 11.6 Å². The fourth-order valence-electron chi connectivity index (χ4n) is 3.30. The zero-order chi connectivity index (χ0) is 16.4. The molecule has 3 rings (SSSR count). The summed E-state index contributed by atoms with van der Waals surface area (Å²) in [4.78, 5) is 17.1. The standard InChI is InChI=1S/C17H23ClN2O3/c1-3-23-16-5-4-13(6-15(16)18)17(21)20-8-12-7-19(2)14(9-20)11-22-10-12/h4-6,12,14H,3,7-11H2,1-2H3/t12-,14+/m1/s1. The third-order valence-electron chi connectivity index (χ3n) is 4.51. The number of carbonyl (C=O) groups is 1. The van der Waals surface area contributed by atoms with Gasteiger partial charge in [0.25, 0.3) is 5.91 Å². The van der Waals surface area contributed by atoms with Crippen molar-refractivity contribution in [3.8, 4) is 5.75 Å². The van der Waals surface area contributed by atoms with Gasteiger partial charge in [0.15, 0.2) is 0 Å². The first-order chi connectivity index (χ1) is 11.1. The zero-order valence-electron chi connectivity index (χ0n) is 13.6. The molecule has 0 spiro atoms. The molecule has 126 valence electrons. The van der Waals surface area contributed by atoms with Crippen molar-refractivity contribution in [2.24, 2.45) is 5.92 Å². The van der Waals surface area contributed by atoms with Crippen LogP contribution in [0, 0.1) is 5.92 Å². The van der Waals surface area contributed by atoms with Crippen LogP contribution in [0.3, 0.4) is 0 Å². The minimum absolute atomic E-state index is 0.0298. The second kappa shape index (κ2) is 7.07. The van der Waals surface area contributed by atoms with E-state index in [0.29, 0.717) is 48.6 Å². The van der Waals surface area contributed by atoms with Crippen molar-refractivity contribution in [3.63, 3.8) is 0 Å². The average Bonchev–Trinajstić information content (AvgIpc) is 2.77. The van der Waals surface area contributed by atoms with Gasteiger partial charge in [-0.15, -0.1) is 0 Å². The lowest BCUT2D eigenvalue weighted by molar-refractivity contribution is 0.0433. The van der Waals surface area contributed by atoms with E-state index in [1.165, 1.54) is 0 Å². The first-order valence-corrected chi connectivity index (χ1v) is 8.46. The Morgan fingerprint density at radius 3 is 2.91 bits per heavy atom. The highest BCUT2D eigenvalue weighted by Crippen LogP contribution is 2.27. The molecule has 0 N–H and O–H groups in total. The maximum absolute atomic E-state index is 12.9. The molecule has 2 aliphatic rings. The summed E-state index contributed by atoms with van der Waals surface area (Å²) >= 11 is 6.22. The third kappa shape index (κ3) is 3.62. The van der Waals surface area contributed by atoms with Gasteiger partial charge in [-0.3, -0.25) is 9.69 Å². The lowest BCUT2D eigenvalue weighted by atomic mass is 10.1. The number of benzene rings is 1. The Morgan fingerprint density at radius 2 is 2.17 bits per heavy atom. The van der Waals surface area contributed by atoms with Crippen LogP contribution in [-0.4, -0.2) is 68.3 Å². The van der Waals surface area contributed by atoms with E-state index in [-0.39, 0.29) is 11.9 Å². The van der Waals surface area contributed by atoms with Gasteiger partial charge in [-0.1, -0.05) is 11.6 Å². The normalized spacial score (nSPS) is 25.1. The van der Waals surface area contributed by atoms with Gasteiger partial charge in [-0.2, -0.15) is 0 Å². The zero-order valence-corrected chi connectivity index (χ0v) is 14.4. The van der Waals surface area contributed by atoms with Crippen LogP contribution in [0.25, 0.3) is 0 Å². The van der Waals surface area contributed by atoms with E-state index >= 15 is 0 Å². The Bertz CT molecular complexity index is 581. The summed E-state index contributed by atoms with van der Waals surface area (Å²) < 4.78 is 11.1. The number of rotatable bonds is 3. The largest absolute Gasteiger partial charge is 0.492 e. The van der Waals surface area contributed by atoms with Crippen molar-refractivity contribution in [2.45, 2.75) is 13.0 Å². The molecule has 0 unspecified atom stereocenters. The third-order valence-corrected chi connectivity index (χ3v) is 4.80. The first-order valence-electron chi connectivity index (χ1n) is 8.08. The van der Waals surface area contributed by atoms with Crippen molar-refractivity contribution >= 4 is 17.5 Å². The molecule has 5 nitrogen and oxygen atoms in total. The van der Waals surface area contributed by atoms with Crippen LogP contribution in [0.5, 0.6) is 5.75 Å². The Balaban J connectivity index is 1.78. The molecule has 1 amide bonds. The van der Waals surface area contributed by atoms with E-state index in [9.17, 15) is 4.79 Å². The maximum Gasteiger partial charge on any atom is 0.253 e. The molecule has 2 heterocycles. The second-order valence-electron chi connectivity index (χ2n) is 6.29. The van der Waals surface area contributed by atoms with Crippen LogP contribution < -0.4 is 4.74 Å². The van der Waals surface area contributed by atoms with Gasteiger partial charge in [0.1, 0.15) is 5.75 Å². The van der Waals surface area contributed by atoms with Gasteiger partial charge in [0.2, 0.25) is 0 Å². The van der Waals surface area contributed by atoms with E-state index in [1.807, 2.05) is 11.8 Å². The molecule has 2 aliphatic heterocycles. The number of hydrogen-bond acceptors (Lipinski definition) is 4. The van der Waals surface area contributed by atoms with Crippen molar-refractivity contribution in [2.75, 3.05) is 46.5 Å². The minimum atomic E-state index is 0.0298. The molecule has 0 saturated carbocycles. The summed E-state index contributed by atoms with van der Waals surface area (Å²) in [7, 11) is 2.11. The summed E-state index contributed by atoms with van der Waals surface area (Å²) in [5.74, 6) is 1.00. The summed E-state index contributed by atoms with van der Waals surface area (Å²) in [5.41, 5.74) is 0.613. The number of fused-ring (bicyclic) bond motifs is 3. The van der Waals surface area contributed by atoms with Gasteiger partial charge in [0.05, 0.1) is 30.9 Å². The van der Waals surface area contributed by atoms with E-state index in [2.05, 4.69) is 11.9 Å². The van der Waals surface area contributed by atoms with Crippen molar-refractivity contribution in [3.05, 3.63) is 28.8 Å². The number of amides is 1. The molecule has 2 fully saturated rings. The topological polar surface area (TPSA) is 42.0 Å². The van der Waals surface area contributed by atoms with Crippen molar-refractivity contribution in [1.29, 1.82) is 0 Å². The van der Waals surface area contributed by atoms with Gasteiger partial charge in [-0.05, 0) is 32.2 Å². The molecule has 23 heavy (non-hydrogen) atoms. The second-order valence-corrected chi connectivity index (χ2v) is 6.69. The molecule has 2 saturated heterocycles. The van der Waals surface area contributed by atoms with Crippen LogP contribution in [-0.2, 0) is 4.74 Å². The number of carbonyl (C=O) groups excluding carboxylic acids is 1. The lowest BCUT2D eigenvalue weighted by Gasteiger charge is -2.30. The number of ether oxygens (including phenoxy) is 2. The predicted molar refractivity (Wildman–Crippen MR) is 89.3 cm³/mol. The number of nitrogens with zero attached hydrogens (tertiary/aromatic N) is 2. The fraction of sp³-hybridized carbons (Fsp3) is 0.588. The van der Waals surface area contributed by atoms with E-state index in [4.69, 9.17) is 21.1 Å². The summed E-state index contributed by atoms with van der Waals surface area (Å²) in [5, 5.41) is 0.480. The highest BCUT2D eigenvalue weighted by Gasteiger charge is 2.33. The van der Waals surface area contributed by atoms with Crippen LogP contribution in [0.2, 0.25) is 5.02 Å². The SMILES string of the molecule is CCOc1ccc(C(=O)N2C[C@@H]3COC[C@H](C2)N(C)C3)cc1Cl. The molecule has 6 heteroatoms. The molecule has 0 aliphatic carbocycles. The van der Waals surface area contributed by atoms with Gasteiger partial charge in [0, 0.05) is 31.1 Å². The fourth-order valence-corrected chi connectivity index (χ4v) is 3.54. The smallest absolute Gasteiger partial charge is 0.253 e. The first kappa shape index (κ1) is 16.6. The van der Waals surface area contributed by atoms with Crippen LogP contribution in [0.1, 0.15) is 17.3 Å². The molecule has 0 aromatic heterocycles. The van der Waals surface area contributed by atoms with Crippen LogP contribution in [0.15, 0.2) is 18.2 Å². The average molecular weight is 339 g/mol. The van der Waals surface area contributed by atoms with E-state index in [1.54, 1.807) is 18.2 Å². The summed E-state index contributed by atoms with van der Waals surface area (Å²) in [6.45, 7) is 6.24. The van der Waals surface area contributed by atoms with Gasteiger partial charge in [-0.25, -0.2) is 0 Å². The van der Waals surface area contributed by atoms with E-state index in [0.717, 1.165) is 13.1 Å². The minimum Gasteiger partial charge on any atom is -0.492 e. The quantitative estimate of drug-likeness (QED) is 0.847. The molecule has 2 bridgehead atoms. The molecular weight excluding hydrogens is 316 g/mol. The summed E-state index contributed by atoms with van der Waals surface area (Å²) in [6.07, 6.45) is 0. The number of halogens is 1. The highest BCUT2D eigenvalue weighted by atomic mass is 35.5. The number of likely N-dealkylation sites (N-methyl/N-ethyl adjacent to an activating group) is 1. The summed E-state index contributed by atoms with van der Waals surface area (Å²) in [6, 6.07) is 5.52. The Morgan fingerprint density at radius 1 is 1.35 bits per heavy atom. The van der Waals surface area contributed by atoms with Gasteiger partial charge >= 0.3 is 0 Å². The Labute approximate surface area is 142 Å². The Hall–Kier alpha value is -1.30. The number of hydrogen-bond donors (Lipinski definition) is 0. The molecule has 2 atom stereocenters. The predicted octanol–water partition coefficient (Wildman–Crippen LogP) is 2.14. The van der Waals surface area contributed by atoms with Crippen molar-refractivity contribution in [1.82, 2.24) is 9.80 Å². The van der Waals surface area contributed by atoms with Gasteiger partial charge < -0.3 is 14.4 Å². The maximum atomic E-state index is 12.9. The highest BCUT2D eigenvalue weighted by molar-refractivity contribution is 6.32.